The van der Waals surface area contributed by atoms with E-state index in [1.165, 1.54) is 6.20 Å². The highest BCUT2D eigenvalue weighted by molar-refractivity contribution is 6.04. The van der Waals surface area contributed by atoms with Gasteiger partial charge in [-0.05, 0) is 81.6 Å². The van der Waals surface area contributed by atoms with Gasteiger partial charge in [-0.3, -0.25) is 24.6 Å². The van der Waals surface area contributed by atoms with Crippen molar-refractivity contribution in [1.82, 2.24) is 24.3 Å². The lowest BCUT2D eigenvalue weighted by Crippen LogP contribution is -2.43. The second-order valence-corrected chi connectivity index (χ2v) is 13.0. The van der Waals surface area contributed by atoms with Crippen LogP contribution in [-0.2, 0) is 17.9 Å². The van der Waals surface area contributed by atoms with Gasteiger partial charge in [-0.1, -0.05) is 18.1 Å². The van der Waals surface area contributed by atoms with Gasteiger partial charge in [0, 0.05) is 56.0 Å². The van der Waals surface area contributed by atoms with Crippen LogP contribution in [0.25, 0.3) is 11.0 Å². The molecule has 2 aromatic heterocycles. The van der Waals surface area contributed by atoms with Crippen LogP contribution in [0, 0.1) is 17.8 Å². The van der Waals surface area contributed by atoms with Gasteiger partial charge in [0.2, 0.25) is 11.9 Å². The van der Waals surface area contributed by atoms with Gasteiger partial charge in [-0.25, -0.2) is 9.97 Å². The molecule has 1 saturated heterocycles. The first-order valence-corrected chi connectivity index (χ1v) is 15.9. The monoisotopic (exact) mass is 633 g/mol. The van der Waals surface area contributed by atoms with Gasteiger partial charge in [-0.15, -0.1) is 0 Å². The van der Waals surface area contributed by atoms with Crippen molar-refractivity contribution >= 4 is 40.8 Å². The molecule has 242 valence electrons. The predicted molar refractivity (Wildman–Crippen MR) is 180 cm³/mol. The molecule has 2 aliphatic rings. The number of nitrogens with one attached hydrogen (secondary N) is 2. The maximum Gasteiger partial charge on any atom is 0.258 e. The first-order valence-electron chi connectivity index (χ1n) is 15.9. The summed E-state index contributed by atoms with van der Waals surface area (Å²) in [6, 6.07) is 14.4. The molecule has 0 spiro atoms. The van der Waals surface area contributed by atoms with E-state index in [2.05, 4.69) is 56.4 Å². The Hall–Kier alpha value is -4.89. The van der Waals surface area contributed by atoms with Crippen LogP contribution in [0.5, 0.6) is 0 Å². The number of likely N-dealkylation sites (N-methyl/N-ethyl adjacent to an activating group) is 1. The summed E-state index contributed by atoms with van der Waals surface area (Å²) >= 11 is 0. The number of aldehydes is 1. The number of carbonyl (C=O) groups excluding carboxylic acids is 3. The van der Waals surface area contributed by atoms with Crippen molar-refractivity contribution in [3.05, 3.63) is 82.7 Å². The number of hydrogen-bond acceptors (Lipinski definition) is 8. The molecule has 2 fully saturated rings. The summed E-state index contributed by atoms with van der Waals surface area (Å²) in [4.78, 5) is 51.5. The molecule has 6 rings (SSSR count). The minimum atomic E-state index is -1.06. The first kappa shape index (κ1) is 32.1. The summed E-state index contributed by atoms with van der Waals surface area (Å²) in [6.07, 6.45) is 3.88. The molecule has 3 heterocycles. The van der Waals surface area contributed by atoms with Gasteiger partial charge in [0.05, 0.1) is 34.4 Å². The SMILES string of the molecule is CN1CCN(Cc2ccc3nc(NC(=O)c4ccnc(C#Cc5cccc(NC(=O)C6CC6)c5C=O)c4)n(CC(C)(C)O)c3c2)CC1. The number of aromatic nitrogens is 3. The van der Waals surface area contributed by atoms with E-state index in [4.69, 9.17) is 4.98 Å². The van der Waals surface area contributed by atoms with Gasteiger partial charge >= 0.3 is 0 Å². The first-order chi connectivity index (χ1) is 22.6. The number of amides is 2. The minimum Gasteiger partial charge on any atom is -0.389 e. The van der Waals surface area contributed by atoms with E-state index in [9.17, 15) is 19.5 Å². The number of anilines is 2. The van der Waals surface area contributed by atoms with Crippen molar-refractivity contribution in [2.45, 2.75) is 45.4 Å². The number of nitrogens with zero attached hydrogens (tertiary/aromatic N) is 5. The zero-order chi connectivity index (χ0) is 33.1. The van der Waals surface area contributed by atoms with E-state index >= 15 is 0 Å². The van der Waals surface area contributed by atoms with Crippen molar-refractivity contribution in [1.29, 1.82) is 0 Å². The van der Waals surface area contributed by atoms with E-state index in [0.29, 0.717) is 40.3 Å². The molecule has 47 heavy (non-hydrogen) atoms. The molecule has 4 aromatic rings. The highest BCUT2D eigenvalue weighted by Gasteiger charge is 2.30. The van der Waals surface area contributed by atoms with Crippen molar-refractivity contribution in [2.24, 2.45) is 5.92 Å². The molecule has 11 heteroatoms. The van der Waals surface area contributed by atoms with Crippen molar-refractivity contribution in [2.75, 3.05) is 43.9 Å². The number of carbonyl (C=O) groups is 3. The Balaban J connectivity index is 1.23. The molecule has 2 amide bonds. The van der Waals surface area contributed by atoms with E-state index in [1.807, 2.05) is 10.6 Å². The molecule has 2 aromatic carbocycles. The number of pyridine rings is 1. The van der Waals surface area contributed by atoms with E-state index in [-0.39, 0.29) is 18.4 Å². The minimum absolute atomic E-state index is 0.00135. The predicted octanol–water partition coefficient (Wildman–Crippen LogP) is 3.76. The number of fused-ring (bicyclic) bond motifs is 1. The molecular formula is C36H39N7O4. The zero-order valence-electron chi connectivity index (χ0n) is 26.9. The molecular weight excluding hydrogens is 594 g/mol. The molecule has 1 aliphatic heterocycles. The lowest BCUT2D eigenvalue weighted by Gasteiger charge is -2.32. The lowest BCUT2D eigenvalue weighted by molar-refractivity contribution is -0.117. The van der Waals surface area contributed by atoms with Crippen LogP contribution in [0.3, 0.4) is 0 Å². The lowest BCUT2D eigenvalue weighted by atomic mass is 10.1. The molecule has 11 nitrogen and oxygen atoms in total. The normalized spacial score (nSPS) is 15.6. The summed E-state index contributed by atoms with van der Waals surface area (Å²) in [5.41, 5.74) is 3.44. The zero-order valence-corrected chi connectivity index (χ0v) is 26.9. The van der Waals surface area contributed by atoms with Gasteiger partial charge < -0.3 is 19.9 Å². The van der Waals surface area contributed by atoms with Crippen molar-refractivity contribution < 1.29 is 19.5 Å². The highest BCUT2D eigenvalue weighted by atomic mass is 16.3. The summed E-state index contributed by atoms with van der Waals surface area (Å²) in [6.45, 7) is 8.55. The third kappa shape index (κ3) is 7.92. The third-order valence-corrected chi connectivity index (χ3v) is 8.36. The van der Waals surface area contributed by atoms with Crippen LogP contribution in [-0.4, -0.2) is 86.4 Å². The van der Waals surface area contributed by atoms with Crippen LogP contribution in [0.15, 0.2) is 54.7 Å². The number of aliphatic hydroxyl groups is 1. The molecule has 0 bridgehead atoms. The van der Waals surface area contributed by atoms with Crippen LogP contribution in [0.2, 0.25) is 0 Å². The second kappa shape index (κ2) is 13.5. The Morgan fingerprint density at radius 3 is 2.55 bits per heavy atom. The molecule has 0 radical (unpaired) electrons. The quantitative estimate of drug-likeness (QED) is 0.188. The Bertz CT molecular complexity index is 1890. The highest BCUT2D eigenvalue weighted by Crippen LogP contribution is 2.31. The number of benzene rings is 2. The molecule has 0 unspecified atom stereocenters. The summed E-state index contributed by atoms with van der Waals surface area (Å²) in [5, 5.41) is 16.5. The molecule has 1 aliphatic carbocycles. The average Bonchev–Trinajstić information content (AvgIpc) is 3.85. The molecule has 0 atom stereocenters. The van der Waals surface area contributed by atoms with Gasteiger partial charge in [0.1, 0.15) is 5.69 Å². The van der Waals surface area contributed by atoms with Gasteiger partial charge in [-0.2, -0.15) is 0 Å². The Morgan fingerprint density at radius 2 is 1.83 bits per heavy atom. The number of imidazole rings is 1. The van der Waals surface area contributed by atoms with Crippen LogP contribution < -0.4 is 10.6 Å². The van der Waals surface area contributed by atoms with Crippen LogP contribution in [0.4, 0.5) is 11.6 Å². The smallest absolute Gasteiger partial charge is 0.258 e. The van der Waals surface area contributed by atoms with Crippen molar-refractivity contribution in [3.8, 4) is 11.8 Å². The number of hydrogen-bond donors (Lipinski definition) is 3. The summed E-state index contributed by atoms with van der Waals surface area (Å²) in [5.74, 6) is 5.74. The Labute approximate surface area is 274 Å². The fourth-order valence-corrected chi connectivity index (χ4v) is 5.61. The van der Waals surface area contributed by atoms with Crippen LogP contribution >= 0.6 is 0 Å². The van der Waals surface area contributed by atoms with Crippen molar-refractivity contribution in [3.63, 3.8) is 0 Å². The van der Waals surface area contributed by atoms with Gasteiger partial charge in [0.15, 0.2) is 6.29 Å². The fourth-order valence-electron chi connectivity index (χ4n) is 5.61. The molecule has 1 saturated carbocycles. The van der Waals surface area contributed by atoms with Gasteiger partial charge in [0.25, 0.3) is 5.91 Å². The maximum atomic E-state index is 13.5. The Kier molecular flexibility index (Phi) is 9.18. The van der Waals surface area contributed by atoms with Crippen LogP contribution in [0.1, 0.15) is 64.2 Å². The standard InChI is InChI=1S/C36H39N7O4/c1-36(2,47)23-43-32-19-24(21-42-17-15-41(3)16-18-42)7-12-31(32)39-35(43)40-34(46)27-13-14-37-28(20-27)11-10-25-5-4-6-30(29(25)22-44)38-33(45)26-8-9-26/h4-7,12-14,19-20,22,26,47H,8-9,15-18,21,23H2,1-3H3,(H,38,45)(H,39,40,46). The van der Waals surface area contributed by atoms with E-state index in [1.54, 1.807) is 44.2 Å². The number of piperazine rings is 1. The summed E-state index contributed by atoms with van der Waals surface area (Å²) in [7, 11) is 2.14. The molecule has 3 N–H and O–H groups in total. The number of rotatable bonds is 9. The topological polar surface area (TPSA) is 133 Å². The second-order valence-electron chi connectivity index (χ2n) is 13.0. The van der Waals surface area contributed by atoms with E-state index < -0.39 is 11.5 Å². The Morgan fingerprint density at radius 1 is 1.04 bits per heavy atom. The summed E-state index contributed by atoms with van der Waals surface area (Å²) < 4.78 is 1.85. The third-order valence-electron chi connectivity index (χ3n) is 8.36. The maximum absolute atomic E-state index is 13.5. The average molecular weight is 634 g/mol. The largest absolute Gasteiger partial charge is 0.389 e. The fraction of sp³-hybridized carbons (Fsp3) is 0.361. The van der Waals surface area contributed by atoms with E-state index in [0.717, 1.165) is 62.2 Å².